The van der Waals surface area contributed by atoms with E-state index in [0.717, 1.165) is 29.8 Å². The number of halogens is 1. The predicted octanol–water partition coefficient (Wildman–Crippen LogP) is 4.05. The van der Waals surface area contributed by atoms with Crippen LogP contribution < -0.4 is 0 Å². The normalized spacial score (nSPS) is 20.1. The molecule has 0 bridgehead atoms. The highest BCUT2D eigenvalue weighted by Crippen LogP contribution is 2.42. The van der Waals surface area contributed by atoms with Gasteiger partial charge in [-0.2, -0.15) is 5.10 Å². The Morgan fingerprint density at radius 1 is 1.22 bits per heavy atom. The summed E-state index contributed by atoms with van der Waals surface area (Å²) in [7, 11) is 0. The van der Waals surface area contributed by atoms with Gasteiger partial charge in [0.1, 0.15) is 12.7 Å². The number of rotatable bonds is 5. The van der Waals surface area contributed by atoms with Crippen LogP contribution in [0.5, 0.6) is 0 Å². The van der Waals surface area contributed by atoms with Gasteiger partial charge in [0.2, 0.25) is 0 Å². The molecular formula is C18H24ClN3O. The largest absolute Gasteiger partial charge is 0.390 e. The number of aliphatic hydroxyl groups excluding tert-OH is 1. The van der Waals surface area contributed by atoms with E-state index in [9.17, 15) is 5.11 Å². The molecule has 2 atom stereocenters. The van der Waals surface area contributed by atoms with Gasteiger partial charge >= 0.3 is 0 Å². The van der Waals surface area contributed by atoms with E-state index in [0.29, 0.717) is 0 Å². The van der Waals surface area contributed by atoms with Crippen molar-refractivity contribution in [3.63, 3.8) is 0 Å². The molecule has 3 rings (SSSR count). The zero-order chi connectivity index (χ0) is 16.3. The standard InChI is InChI=1S/C18H24ClN3O/c1-18(9-3-2-4-10-18)17(23)16(22-13-20-12-21-22)11-14-5-7-15(19)8-6-14/h5-8,12-13,16-17,23H,2-4,9-11H2,1H3. The monoisotopic (exact) mass is 333 g/mol. The first kappa shape index (κ1) is 16.5. The summed E-state index contributed by atoms with van der Waals surface area (Å²) < 4.78 is 1.80. The molecular weight excluding hydrogens is 310 g/mol. The molecule has 1 aromatic carbocycles. The molecule has 1 aromatic heterocycles. The Labute approximate surface area is 142 Å². The van der Waals surface area contributed by atoms with Gasteiger partial charge in [-0.25, -0.2) is 9.67 Å². The van der Waals surface area contributed by atoms with Gasteiger partial charge in [-0.1, -0.05) is 49.9 Å². The summed E-state index contributed by atoms with van der Waals surface area (Å²) in [5.41, 5.74) is 1.09. The first-order valence-electron chi connectivity index (χ1n) is 8.35. The minimum Gasteiger partial charge on any atom is -0.390 e. The average molecular weight is 334 g/mol. The predicted molar refractivity (Wildman–Crippen MR) is 91.4 cm³/mol. The highest BCUT2D eigenvalue weighted by Gasteiger charge is 2.40. The number of hydrogen-bond acceptors (Lipinski definition) is 3. The smallest absolute Gasteiger partial charge is 0.137 e. The quantitative estimate of drug-likeness (QED) is 0.898. The number of nitrogens with zero attached hydrogens (tertiary/aromatic N) is 3. The maximum Gasteiger partial charge on any atom is 0.137 e. The Bertz CT molecular complexity index is 606. The van der Waals surface area contributed by atoms with Gasteiger partial charge in [0, 0.05) is 5.02 Å². The Balaban J connectivity index is 1.85. The van der Waals surface area contributed by atoms with E-state index < -0.39 is 6.10 Å². The van der Waals surface area contributed by atoms with Crippen molar-refractivity contribution in [2.45, 2.75) is 57.6 Å². The zero-order valence-corrected chi connectivity index (χ0v) is 14.3. The van der Waals surface area contributed by atoms with E-state index in [1.807, 2.05) is 24.3 Å². The van der Waals surface area contributed by atoms with Crippen molar-refractivity contribution < 1.29 is 5.11 Å². The van der Waals surface area contributed by atoms with Crippen LogP contribution in [0.15, 0.2) is 36.9 Å². The SMILES string of the molecule is CC1(C(O)C(Cc2ccc(Cl)cc2)n2cncn2)CCCCC1. The van der Waals surface area contributed by atoms with E-state index in [1.54, 1.807) is 11.0 Å². The fourth-order valence-corrected chi connectivity index (χ4v) is 3.85. The highest BCUT2D eigenvalue weighted by atomic mass is 35.5. The third-order valence-electron chi connectivity index (χ3n) is 5.21. The Morgan fingerprint density at radius 3 is 2.52 bits per heavy atom. The lowest BCUT2D eigenvalue weighted by atomic mass is 9.69. The van der Waals surface area contributed by atoms with Crippen LogP contribution in [-0.4, -0.2) is 26.0 Å². The molecule has 1 saturated carbocycles. The fraction of sp³-hybridized carbons (Fsp3) is 0.556. The maximum absolute atomic E-state index is 11.2. The minimum atomic E-state index is -0.444. The third kappa shape index (κ3) is 3.75. The lowest BCUT2D eigenvalue weighted by molar-refractivity contribution is -0.0294. The first-order chi connectivity index (χ1) is 11.1. The number of aromatic nitrogens is 3. The molecule has 0 saturated heterocycles. The second kappa shape index (κ2) is 7.02. The van der Waals surface area contributed by atoms with Crippen LogP contribution in [0.1, 0.15) is 50.6 Å². The maximum atomic E-state index is 11.2. The second-order valence-corrected chi connectivity index (χ2v) is 7.37. The van der Waals surface area contributed by atoms with Gasteiger partial charge in [0.25, 0.3) is 0 Å². The van der Waals surface area contributed by atoms with E-state index in [-0.39, 0.29) is 11.5 Å². The van der Waals surface area contributed by atoms with Crippen molar-refractivity contribution in [3.05, 3.63) is 47.5 Å². The summed E-state index contributed by atoms with van der Waals surface area (Å²) in [6, 6.07) is 7.71. The van der Waals surface area contributed by atoms with Crippen LogP contribution in [-0.2, 0) is 6.42 Å². The summed E-state index contributed by atoms with van der Waals surface area (Å²) in [5.74, 6) is 0. The number of benzene rings is 1. The van der Waals surface area contributed by atoms with Gasteiger partial charge in [0.05, 0.1) is 12.1 Å². The van der Waals surface area contributed by atoms with Crippen LogP contribution in [0.3, 0.4) is 0 Å². The van der Waals surface area contributed by atoms with Gasteiger partial charge in [0.15, 0.2) is 0 Å². The lowest BCUT2D eigenvalue weighted by Gasteiger charge is -2.41. The number of hydrogen-bond donors (Lipinski definition) is 1. The molecule has 1 heterocycles. The molecule has 2 aromatic rings. The second-order valence-electron chi connectivity index (χ2n) is 6.93. The fourth-order valence-electron chi connectivity index (χ4n) is 3.72. The molecule has 0 spiro atoms. The summed E-state index contributed by atoms with van der Waals surface area (Å²) in [6.45, 7) is 2.21. The summed E-state index contributed by atoms with van der Waals surface area (Å²) in [6.07, 6.45) is 9.31. The molecule has 0 aliphatic heterocycles. The summed E-state index contributed by atoms with van der Waals surface area (Å²) in [5, 5.41) is 16.2. The summed E-state index contributed by atoms with van der Waals surface area (Å²) >= 11 is 5.98. The van der Waals surface area contributed by atoms with Crippen molar-refractivity contribution in [1.82, 2.24) is 14.8 Å². The van der Waals surface area contributed by atoms with Gasteiger partial charge in [-0.3, -0.25) is 0 Å². The molecule has 1 aliphatic carbocycles. The molecule has 124 valence electrons. The van der Waals surface area contributed by atoms with Crippen molar-refractivity contribution in [2.75, 3.05) is 0 Å². The minimum absolute atomic E-state index is 0.0543. The van der Waals surface area contributed by atoms with E-state index in [1.165, 1.54) is 25.6 Å². The van der Waals surface area contributed by atoms with Gasteiger partial charge < -0.3 is 5.11 Å². The van der Waals surface area contributed by atoms with Crippen molar-refractivity contribution in [1.29, 1.82) is 0 Å². The molecule has 23 heavy (non-hydrogen) atoms. The number of aliphatic hydroxyl groups is 1. The molecule has 1 aliphatic rings. The molecule has 0 amide bonds. The van der Waals surface area contributed by atoms with Crippen molar-refractivity contribution >= 4 is 11.6 Å². The van der Waals surface area contributed by atoms with Crippen molar-refractivity contribution in [3.8, 4) is 0 Å². The first-order valence-corrected chi connectivity index (χ1v) is 8.73. The van der Waals surface area contributed by atoms with E-state index in [2.05, 4.69) is 17.0 Å². The van der Waals surface area contributed by atoms with Gasteiger partial charge in [-0.05, 0) is 42.4 Å². The molecule has 0 radical (unpaired) electrons. The lowest BCUT2D eigenvalue weighted by Crippen LogP contribution is -2.41. The Kier molecular flexibility index (Phi) is 5.02. The van der Waals surface area contributed by atoms with Crippen LogP contribution in [0.4, 0.5) is 0 Å². The third-order valence-corrected chi connectivity index (χ3v) is 5.46. The van der Waals surface area contributed by atoms with Crippen LogP contribution >= 0.6 is 11.6 Å². The highest BCUT2D eigenvalue weighted by molar-refractivity contribution is 6.30. The molecule has 1 fully saturated rings. The van der Waals surface area contributed by atoms with Crippen molar-refractivity contribution in [2.24, 2.45) is 5.41 Å². The van der Waals surface area contributed by atoms with Gasteiger partial charge in [-0.15, -0.1) is 0 Å². The molecule has 1 N–H and O–H groups in total. The molecule has 4 nitrogen and oxygen atoms in total. The van der Waals surface area contributed by atoms with Crippen LogP contribution in [0.25, 0.3) is 0 Å². The topological polar surface area (TPSA) is 50.9 Å². The average Bonchev–Trinajstić information content (AvgIpc) is 3.08. The Morgan fingerprint density at radius 2 is 1.91 bits per heavy atom. The van der Waals surface area contributed by atoms with E-state index in [4.69, 9.17) is 11.6 Å². The Hall–Kier alpha value is -1.39. The summed E-state index contributed by atoms with van der Waals surface area (Å²) in [4.78, 5) is 4.07. The molecule has 2 unspecified atom stereocenters. The molecule has 5 heteroatoms. The van der Waals surface area contributed by atoms with E-state index >= 15 is 0 Å². The van der Waals surface area contributed by atoms with Crippen LogP contribution in [0.2, 0.25) is 5.02 Å². The zero-order valence-electron chi connectivity index (χ0n) is 13.5. The van der Waals surface area contributed by atoms with Crippen LogP contribution in [0, 0.1) is 5.41 Å².